The van der Waals surface area contributed by atoms with Gasteiger partial charge >= 0.3 is 78.7 Å². The Labute approximate surface area is 317 Å². The van der Waals surface area contributed by atoms with Crippen LogP contribution in [-0.2, 0) is 73.7 Å². The second kappa shape index (κ2) is 21.7. The molecule has 26 heteroatoms. The van der Waals surface area contributed by atoms with E-state index in [0.717, 1.165) is 0 Å². The number of rotatable bonds is 24. The highest BCUT2D eigenvalue weighted by atomic mass is 28.5. The molecule has 0 aromatic heterocycles. The lowest BCUT2D eigenvalue weighted by atomic mass is 10.9. The molecule has 0 aliphatic carbocycles. The van der Waals surface area contributed by atoms with E-state index >= 15 is 0 Å². The lowest BCUT2D eigenvalue weighted by molar-refractivity contribution is 0.123. The number of hydrogen-bond acceptors (Lipinski definition) is 17. The van der Waals surface area contributed by atoms with Crippen molar-refractivity contribution in [3.63, 3.8) is 0 Å². The van der Waals surface area contributed by atoms with Crippen LogP contribution in [0.15, 0.2) is 0 Å². The molecular formula is C25H68O17Si9. The molecule has 1 aliphatic heterocycles. The fraction of sp³-hybridized carbons (Fsp3) is 1.00. The Morgan fingerprint density at radius 2 is 0.529 bits per heavy atom. The van der Waals surface area contributed by atoms with Crippen molar-refractivity contribution in [2.45, 2.75) is 81.1 Å². The van der Waals surface area contributed by atoms with Crippen molar-refractivity contribution in [3.05, 3.63) is 0 Å². The fourth-order valence-corrected chi connectivity index (χ4v) is 45.9. The minimum atomic E-state index is -3.25. The van der Waals surface area contributed by atoms with Crippen LogP contribution in [0.2, 0.25) is 81.1 Å². The highest BCUT2D eigenvalue weighted by molar-refractivity contribution is 6.92. The third-order valence-corrected chi connectivity index (χ3v) is 44.0. The van der Waals surface area contributed by atoms with Crippen LogP contribution in [-0.4, -0.2) is 164 Å². The molecule has 1 fully saturated rings. The predicted octanol–water partition coefficient (Wildman–Crippen LogP) is 3.73. The standard InChI is InChI=1S/C25H68O17Si9/c1-26-48(27-2,28-3)22-18-44(14)38-43(13)39-45(15,19-23-49(29-4,30-5)31-6)41-47(17,21-25-51(35-10,36-11)37-12)42-46(16,40-44)20-24-50(32-7,33-8)34-9/h43H,18-25H2,1-17H3. The van der Waals surface area contributed by atoms with E-state index in [4.69, 9.17) is 73.7 Å². The summed E-state index contributed by atoms with van der Waals surface area (Å²) in [5.74, 6) is 0. The molecule has 1 saturated heterocycles. The first-order valence-electron chi connectivity index (χ1n) is 16.9. The van der Waals surface area contributed by atoms with Crippen LogP contribution >= 0.6 is 0 Å². The lowest BCUT2D eigenvalue weighted by Crippen LogP contribution is -2.65. The average Bonchev–Trinajstić information content (AvgIpc) is 3.11. The number of hydrogen-bond donors (Lipinski definition) is 0. The third-order valence-electron chi connectivity index (χ3n) is 9.40. The molecule has 0 aromatic rings. The summed E-state index contributed by atoms with van der Waals surface area (Å²) in [5.41, 5.74) is 0. The second-order valence-electron chi connectivity index (χ2n) is 12.8. The summed E-state index contributed by atoms with van der Waals surface area (Å²) in [6.45, 7) is 10.2. The van der Waals surface area contributed by atoms with Crippen LogP contribution in [0, 0.1) is 0 Å². The Kier molecular flexibility index (Phi) is 21.4. The van der Waals surface area contributed by atoms with Gasteiger partial charge in [0.2, 0.25) is 0 Å². The van der Waals surface area contributed by atoms with Gasteiger partial charge in [0.25, 0.3) is 0 Å². The van der Waals surface area contributed by atoms with E-state index in [9.17, 15) is 0 Å². The van der Waals surface area contributed by atoms with Crippen LogP contribution < -0.4 is 0 Å². The lowest BCUT2D eigenvalue weighted by Gasteiger charge is -2.48. The van der Waals surface area contributed by atoms with Crippen LogP contribution in [0.25, 0.3) is 0 Å². The zero-order valence-corrected chi connectivity index (χ0v) is 43.3. The molecule has 0 aromatic carbocycles. The fourth-order valence-electron chi connectivity index (χ4n) is 6.36. The maximum absolute atomic E-state index is 7.41. The first-order valence-corrected chi connectivity index (χ1v) is 36.8. The first kappa shape index (κ1) is 50.3. The second-order valence-corrected chi connectivity index (χ2v) is 41.7. The monoisotopic (exact) mass is 892 g/mol. The van der Waals surface area contributed by atoms with Crippen molar-refractivity contribution in [1.29, 1.82) is 0 Å². The van der Waals surface area contributed by atoms with Crippen molar-refractivity contribution in [2.24, 2.45) is 0 Å². The molecule has 0 N–H and O–H groups in total. The third kappa shape index (κ3) is 14.3. The predicted molar refractivity (Wildman–Crippen MR) is 210 cm³/mol. The molecule has 4 atom stereocenters. The highest BCUT2D eigenvalue weighted by Gasteiger charge is 2.57. The molecule has 0 saturated carbocycles. The van der Waals surface area contributed by atoms with Crippen LogP contribution in [0.4, 0.5) is 0 Å². The van der Waals surface area contributed by atoms with Gasteiger partial charge in [-0.1, -0.05) is 0 Å². The molecule has 0 radical (unpaired) electrons. The molecule has 1 heterocycles. The average molecular weight is 894 g/mol. The summed E-state index contributed by atoms with van der Waals surface area (Å²) >= 11 is 0. The van der Waals surface area contributed by atoms with E-state index in [1.807, 2.05) is 6.55 Å². The zero-order valence-electron chi connectivity index (χ0n) is 34.2. The minimum Gasteiger partial charge on any atom is -0.418 e. The van der Waals surface area contributed by atoms with E-state index < -0.39 is 78.7 Å². The summed E-state index contributed by atoms with van der Waals surface area (Å²) < 4.78 is 106. The summed E-state index contributed by atoms with van der Waals surface area (Å²) in [4.78, 5) is 0. The van der Waals surface area contributed by atoms with Crippen LogP contribution in [0.3, 0.4) is 0 Å². The van der Waals surface area contributed by atoms with Gasteiger partial charge in [-0.2, -0.15) is 0 Å². The smallest absolute Gasteiger partial charge is 0.418 e. The molecule has 0 amide bonds. The molecule has 306 valence electrons. The molecule has 0 bridgehead atoms. The summed E-state index contributed by atoms with van der Waals surface area (Å²) in [6.07, 6.45) is 0. The van der Waals surface area contributed by atoms with Crippen molar-refractivity contribution in [1.82, 2.24) is 0 Å². The summed E-state index contributed by atoms with van der Waals surface area (Å²) in [7, 11) is -8.05. The normalized spacial score (nSPS) is 29.0. The van der Waals surface area contributed by atoms with E-state index in [1.54, 1.807) is 85.3 Å². The topological polar surface area (TPSA) is 157 Å². The zero-order chi connectivity index (χ0) is 39.3. The quantitative estimate of drug-likeness (QED) is 0.129. The first-order chi connectivity index (χ1) is 23.8. The Balaban J connectivity index is 3.94. The van der Waals surface area contributed by atoms with Gasteiger partial charge in [0.15, 0.2) is 0 Å². The molecule has 1 rings (SSSR count). The van der Waals surface area contributed by atoms with Gasteiger partial charge in [0.1, 0.15) is 0 Å². The van der Waals surface area contributed by atoms with Gasteiger partial charge in [-0.15, -0.1) is 0 Å². The summed E-state index contributed by atoms with van der Waals surface area (Å²) in [6, 6.07) is 3.86. The Morgan fingerprint density at radius 1 is 0.353 bits per heavy atom. The maximum Gasteiger partial charge on any atom is 0.500 e. The van der Waals surface area contributed by atoms with Gasteiger partial charge in [-0.05, 0) is 56.9 Å². The van der Waals surface area contributed by atoms with E-state index in [1.165, 1.54) is 0 Å². The van der Waals surface area contributed by atoms with Gasteiger partial charge < -0.3 is 73.7 Å². The Bertz CT molecular complexity index is 894. The molecular weight excluding hydrogens is 825 g/mol. The van der Waals surface area contributed by atoms with Gasteiger partial charge in [-0.3, -0.25) is 0 Å². The van der Waals surface area contributed by atoms with Crippen LogP contribution in [0.5, 0.6) is 0 Å². The molecule has 0 spiro atoms. The highest BCUT2D eigenvalue weighted by Crippen LogP contribution is 2.39. The summed E-state index contributed by atoms with van der Waals surface area (Å²) in [5, 5.41) is 0. The van der Waals surface area contributed by atoms with E-state index in [0.29, 0.717) is 48.4 Å². The van der Waals surface area contributed by atoms with Crippen molar-refractivity contribution >= 4 is 78.7 Å². The maximum atomic E-state index is 7.41. The van der Waals surface area contributed by atoms with Crippen molar-refractivity contribution < 1.29 is 73.7 Å². The van der Waals surface area contributed by atoms with E-state index in [-0.39, 0.29) is 0 Å². The molecule has 4 unspecified atom stereocenters. The molecule has 1 aliphatic rings. The van der Waals surface area contributed by atoms with Gasteiger partial charge in [-0.25, -0.2) is 0 Å². The Hall–Kier alpha value is 1.27. The van der Waals surface area contributed by atoms with E-state index in [2.05, 4.69) is 26.2 Å². The van der Waals surface area contributed by atoms with Gasteiger partial charge in [0.05, 0.1) is 0 Å². The molecule has 17 nitrogen and oxygen atoms in total. The van der Waals surface area contributed by atoms with Gasteiger partial charge in [0, 0.05) is 109 Å². The van der Waals surface area contributed by atoms with Crippen molar-refractivity contribution in [2.75, 3.05) is 85.3 Å². The molecule has 51 heavy (non-hydrogen) atoms. The minimum absolute atomic E-state index is 0.454. The SMILES string of the molecule is CO[Si](CC[Si]1(C)O[SiH](C)O[Si](C)(CC[Si](OC)(OC)OC)O[Si](C)(CC[Si](OC)(OC)OC)O[Si](C)(CC[Si](OC)(OC)OC)O1)(OC)OC. The van der Waals surface area contributed by atoms with Crippen molar-refractivity contribution in [3.8, 4) is 0 Å². The largest absolute Gasteiger partial charge is 0.500 e. The Morgan fingerprint density at radius 3 is 0.725 bits per heavy atom. The van der Waals surface area contributed by atoms with Crippen LogP contribution in [0.1, 0.15) is 0 Å².